The van der Waals surface area contributed by atoms with Gasteiger partial charge in [0.1, 0.15) is 11.8 Å². The highest BCUT2D eigenvalue weighted by atomic mass is 16.4. The van der Waals surface area contributed by atoms with Gasteiger partial charge in [-0.2, -0.15) is 5.26 Å². The predicted octanol–water partition coefficient (Wildman–Crippen LogP) is 1.90. The van der Waals surface area contributed by atoms with E-state index in [1.54, 1.807) is 24.3 Å². The van der Waals surface area contributed by atoms with Crippen molar-refractivity contribution in [2.24, 2.45) is 0 Å². The molecule has 2 aromatic rings. The minimum absolute atomic E-state index is 0.158. The molecule has 20 heavy (non-hydrogen) atoms. The van der Waals surface area contributed by atoms with Crippen LogP contribution in [0.15, 0.2) is 42.6 Å². The molecule has 0 aliphatic heterocycles. The quantitative estimate of drug-likeness (QED) is 0.884. The number of amides is 1. The van der Waals surface area contributed by atoms with Gasteiger partial charge in [-0.1, -0.05) is 12.1 Å². The Morgan fingerprint density at radius 2 is 2.00 bits per heavy atom. The van der Waals surface area contributed by atoms with Crippen molar-refractivity contribution in [2.45, 2.75) is 0 Å². The minimum Gasteiger partial charge on any atom is -0.477 e. The van der Waals surface area contributed by atoms with Gasteiger partial charge in [0.2, 0.25) is 0 Å². The maximum Gasteiger partial charge on any atom is 0.354 e. The number of carboxylic acid groups (broad SMARTS) is 1. The molecule has 0 bridgehead atoms. The summed E-state index contributed by atoms with van der Waals surface area (Å²) in [6.07, 6.45) is 1.24. The Labute approximate surface area is 114 Å². The minimum atomic E-state index is -1.21. The van der Waals surface area contributed by atoms with E-state index in [9.17, 15) is 9.59 Å². The zero-order valence-corrected chi connectivity index (χ0v) is 10.2. The summed E-state index contributed by atoms with van der Waals surface area (Å²) in [6, 6.07) is 11.1. The highest BCUT2D eigenvalue weighted by Gasteiger charge is 2.12. The number of aromatic carboxylic acids is 1. The molecule has 0 atom stereocenters. The maximum atomic E-state index is 12.0. The topological polar surface area (TPSA) is 103 Å². The molecule has 1 amide bonds. The number of nitrogens with zero attached hydrogens (tertiary/aromatic N) is 2. The number of benzene rings is 1. The summed E-state index contributed by atoms with van der Waals surface area (Å²) in [6.45, 7) is 0. The maximum absolute atomic E-state index is 12.0. The zero-order valence-electron chi connectivity index (χ0n) is 10.2. The second-order valence-electron chi connectivity index (χ2n) is 3.85. The molecule has 0 unspecified atom stereocenters. The van der Waals surface area contributed by atoms with Crippen LogP contribution in [0.3, 0.4) is 0 Å². The number of anilines is 1. The second-order valence-corrected chi connectivity index (χ2v) is 3.85. The summed E-state index contributed by atoms with van der Waals surface area (Å²) in [5.74, 6) is -1.71. The Hall–Kier alpha value is -3.20. The highest BCUT2D eigenvalue weighted by Crippen LogP contribution is 2.15. The molecular formula is C14H9N3O3. The van der Waals surface area contributed by atoms with Crippen LogP contribution in [0.1, 0.15) is 26.4 Å². The van der Waals surface area contributed by atoms with E-state index >= 15 is 0 Å². The zero-order chi connectivity index (χ0) is 14.5. The van der Waals surface area contributed by atoms with Gasteiger partial charge in [-0.3, -0.25) is 4.79 Å². The van der Waals surface area contributed by atoms with Crippen LogP contribution in [0.2, 0.25) is 0 Å². The molecule has 1 heterocycles. The van der Waals surface area contributed by atoms with Gasteiger partial charge in [-0.25, -0.2) is 9.78 Å². The molecule has 0 radical (unpaired) electrons. The number of carboxylic acids is 1. The first-order chi connectivity index (χ1) is 9.61. The molecule has 1 aromatic heterocycles. The molecule has 1 aromatic carbocycles. The Kier molecular flexibility index (Phi) is 3.72. The van der Waals surface area contributed by atoms with E-state index in [1.165, 1.54) is 18.3 Å². The summed E-state index contributed by atoms with van der Waals surface area (Å²) in [4.78, 5) is 26.4. The van der Waals surface area contributed by atoms with Gasteiger partial charge in [0.25, 0.3) is 5.91 Å². The van der Waals surface area contributed by atoms with Gasteiger partial charge in [-0.05, 0) is 24.3 Å². The smallest absolute Gasteiger partial charge is 0.354 e. The average molecular weight is 267 g/mol. The van der Waals surface area contributed by atoms with Gasteiger partial charge < -0.3 is 10.4 Å². The second kappa shape index (κ2) is 5.63. The van der Waals surface area contributed by atoms with Crippen LogP contribution < -0.4 is 5.32 Å². The number of hydrogen-bond donors (Lipinski definition) is 2. The Morgan fingerprint density at radius 1 is 1.25 bits per heavy atom. The number of rotatable bonds is 3. The van der Waals surface area contributed by atoms with Crippen molar-refractivity contribution >= 4 is 17.6 Å². The van der Waals surface area contributed by atoms with Gasteiger partial charge >= 0.3 is 5.97 Å². The molecule has 6 heteroatoms. The number of carbonyl (C=O) groups is 2. The molecule has 0 spiro atoms. The molecule has 0 aliphatic rings. The number of nitriles is 1. The third kappa shape index (κ3) is 2.79. The standard InChI is InChI=1S/C14H9N3O3/c15-8-10-3-1-2-4-11(10)17-13(18)9-5-6-16-12(7-9)14(19)20/h1-7H,(H,17,18)(H,19,20). The van der Waals surface area contributed by atoms with Gasteiger partial charge in [0, 0.05) is 11.8 Å². The molecule has 0 saturated heterocycles. The van der Waals surface area contributed by atoms with E-state index in [1.807, 2.05) is 6.07 Å². The highest BCUT2D eigenvalue weighted by molar-refractivity contribution is 6.05. The van der Waals surface area contributed by atoms with E-state index in [4.69, 9.17) is 10.4 Å². The van der Waals surface area contributed by atoms with E-state index in [0.717, 1.165) is 0 Å². The number of carbonyl (C=O) groups excluding carboxylic acids is 1. The van der Waals surface area contributed by atoms with Crippen molar-refractivity contribution in [3.05, 3.63) is 59.4 Å². The van der Waals surface area contributed by atoms with Crippen LogP contribution in [-0.2, 0) is 0 Å². The normalized spacial score (nSPS) is 9.55. The third-order valence-corrected chi connectivity index (χ3v) is 2.54. The van der Waals surface area contributed by atoms with Crippen LogP contribution in [0.5, 0.6) is 0 Å². The first kappa shape index (κ1) is 13.2. The van der Waals surface area contributed by atoms with Crippen LogP contribution in [0.25, 0.3) is 0 Å². The number of para-hydroxylation sites is 1. The molecule has 2 rings (SSSR count). The number of aromatic nitrogens is 1. The first-order valence-electron chi connectivity index (χ1n) is 5.61. The van der Waals surface area contributed by atoms with Crippen molar-refractivity contribution in [3.8, 4) is 6.07 Å². The lowest BCUT2D eigenvalue weighted by molar-refractivity contribution is 0.0690. The molecule has 98 valence electrons. The molecule has 2 N–H and O–H groups in total. The van der Waals surface area contributed by atoms with E-state index < -0.39 is 11.9 Å². The lowest BCUT2D eigenvalue weighted by atomic mass is 10.1. The largest absolute Gasteiger partial charge is 0.477 e. The summed E-state index contributed by atoms with van der Waals surface area (Å²) in [7, 11) is 0. The van der Waals surface area contributed by atoms with Crippen molar-refractivity contribution in [1.29, 1.82) is 5.26 Å². The summed E-state index contributed by atoms with van der Waals surface area (Å²) in [5, 5.41) is 20.3. The van der Waals surface area contributed by atoms with Crippen LogP contribution >= 0.6 is 0 Å². The van der Waals surface area contributed by atoms with Crippen LogP contribution in [0.4, 0.5) is 5.69 Å². The molecule has 0 aliphatic carbocycles. The monoisotopic (exact) mass is 267 g/mol. The lowest BCUT2D eigenvalue weighted by Crippen LogP contribution is -2.14. The first-order valence-corrected chi connectivity index (χ1v) is 5.61. The summed E-state index contributed by atoms with van der Waals surface area (Å²) >= 11 is 0. The molecule has 6 nitrogen and oxygen atoms in total. The fourth-order valence-electron chi connectivity index (χ4n) is 1.57. The Morgan fingerprint density at radius 3 is 2.70 bits per heavy atom. The van der Waals surface area contributed by atoms with Gasteiger partial charge in [0.15, 0.2) is 0 Å². The van der Waals surface area contributed by atoms with E-state index in [2.05, 4.69) is 10.3 Å². The number of hydrogen-bond acceptors (Lipinski definition) is 4. The number of nitrogens with one attached hydrogen (secondary N) is 1. The summed E-state index contributed by atoms with van der Waals surface area (Å²) in [5.41, 5.74) is 0.637. The van der Waals surface area contributed by atoms with Crippen LogP contribution in [-0.4, -0.2) is 22.0 Å². The molecule has 0 fully saturated rings. The lowest BCUT2D eigenvalue weighted by Gasteiger charge is -2.07. The SMILES string of the molecule is N#Cc1ccccc1NC(=O)c1ccnc(C(=O)O)c1. The molecular weight excluding hydrogens is 258 g/mol. The van der Waals surface area contributed by atoms with E-state index in [-0.39, 0.29) is 11.3 Å². The predicted molar refractivity (Wildman–Crippen MR) is 70.3 cm³/mol. The van der Waals surface area contributed by atoms with E-state index in [0.29, 0.717) is 11.3 Å². The van der Waals surface area contributed by atoms with Crippen molar-refractivity contribution < 1.29 is 14.7 Å². The van der Waals surface area contributed by atoms with Crippen molar-refractivity contribution in [2.75, 3.05) is 5.32 Å². The van der Waals surface area contributed by atoms with Crippen molar-refractivity contribution in [3.63, 3.8) is 0 Å². The fourth-order valence-corrected chi connectivity index (χ4v) is 1.57. The fraction of sp³-hybridized carbons (Fsp3) is 0. The van der Waals surface area contributed by atoms with Gasteiger partial charge in [-0.15, -0.1) is 0 Å². The number of pyridine rings is 1. The Bertz CT molecular complexity index is 720. The Balaban J connectivity index is 2.27. The average Bonchev–Trinajstić information content (AvgIpc) is 2.48. The summed E-state index contributed by atoms with van der Waals surface area (Å²) < 4.78 is 0. The molecule has 0 saturated carbocycles. The van der Waals surface area contributed by atoms with Crippen molar-refractivity contribution in [1.82, 2.24) is 4.98 Å². The van der Waals surface area contributed by atoms with Crippen LogP contribution in [0, 0.1) is 11.3 Å². The third-order valence-electron chi connectivity index (χ3n) is 2.54. The van der Waals surface area contributed by atoms with Gasteiger partial charge in [0.05, 0.1) is 11.3 Å².